The Labute approximate surface area is 272 Å². The lowest BCUT2D eigenvalue weighted by molar-refractivity contribution is -0.276. The lowest BCUT2D eigenvalue weighted by atomic mass is 9.90. The van der Waals surface area contributed by atoms with E-state index in [0.717, 1.165) is 47.2 Å². The van der Waals surface area contributed by atoms with Crippen molar-refractivity contribution in [3.8, 4) is 0 Å². The van der Waals surface area contributed by atoms with E-state index in [-0.39, 0.29) is 42.8 Å². The largest absolute Gasteiger partial charge is 0.459 e. The topological polar surface area (TPSA) is 109 Å². The molecule has 2 heterocycles. The van der Waals surface area contributed by atoms with Crippen LogP contribution in [0.1, 0.15) is 80.7 Å². The van der Waals surface area contributed by atoms with Gasteiger partial charge in [-0.05, 0) is 62.4 Å². The average Bonchev–Trinajstić information content (AvgIpc) is 3.52. The normalized spacial score (nSPS) is 23.5. The number of urea groups is 1. The predicted octanol–water partition coefficient (Wildman–Crippen LogP) is 5.78. The summed E-state index contributed by atoms with van der Waals surface area (Å²) in [6, 6.07) is 25.0. The molecule has 246 valence electrons. The van der Waals surface area contributed by atoms with Crippen molar-refractivity contribution in [3.05, 3.63) is 107 Å². The van der Waals surface area contributed by atoms with Crippen LogP contribution in [0.5, 0.6) is 0 Å². The van der Waals surface area contributed by atoms with Crippen LogP contribution in [0, 0.1) is 5.92 Å². The summed E-state index contributed by atoms with van der Waals surface area (Å²) in [6.07, 6.45) is 0.605. The fourth-order valence-corrected chi connectivity index (χ4v) is 6.06. The van der Waals surface area contributed by atoms with E-state index in [1.807, 2.05) is 99.6 Å². The summed E-state index contributed by atoms with van der Waals surface area (Å²) in [5.41, 5.74) is 4.17. The number of carbonyl (C=O) groups is 2. The van der Waals surface area contributed by atoms with Gasteiger partial charge in [-0.2, -0.15) is 0 Å². The summed E-state index contributed by atoms with van der Waals surface area (Å²) >= 11 is 0. The van der Waals surface area contributed by atoms with Crippen molar-refractivity contribution in [2.24, 2.45) is 5.92 Å². The van der Waals surface area contributed by atoms with Gasteiger partial charge in [0.2, 0.25) is 0 Å². The van der Waals surface area contributed by atoms with Crippen molar-refractivity contribution in [3.63, 3.8) is 0 Å². The van der Waals surface area contributed by atoms with Crippen LogP contribution < -0.4 is 10.6 Å². The molecule has 0 saturated carbocycles. The van der Waals surface area contributed by atoms with Crippen LogP contribution in [0.25, 0.3) is 0 Å². The Hall–Kier alpha value is -3.76. The van der Waals surface area contributed by atoms with E-state index >= 15 is 0 Å². The number of esters is 1. The third-order valence-corrected chi connectivity index (χ3v) is 8.58. The maximum atomic E-state index is 13.1. The fourth-order valence-electron chi connectivity index (χ4n) is 6.06. The fraction of sp³-hybridized carbons (Fsp3) is 0.459. The number of nitrogens with one attached hydrogen (secondary N) is 2. The molecule has 2 fully saturated rings. The van der Waals surface area contributed by atoms with Crippen LogP contribution >= 0.6 is 0 Å². The number of carbonyl (C=O) groups excluding carboxylic acids is 2. The first-order valence-corrected chi connectivity index (χ1v) is 16.2. The van der Waals surface area contributed by atoms with Gasteiger partial charge in [-0.25, -0.2) is 4.79 Å². The molecule has 0 aromatic heterocycles. The highest BCUT2D eigenvalue weighted by Gasteiger charge is 2.42. The van der Waals surface area contributed by atoms with Crippen LogP contribution in [0.3, 0.4) is 0 Å². The van der Waals surface area contributed by atoms with Gasteiger partial charge < -0.3 is 30.0 Å². The summed E-state index contributed by atoms with van der Waals surface area (Å²) in [7, 11) is 0. The molecule has 3 aromatic rings. The molecule has 5 atom stereocenters. The van der Waals surface area contributed by atoms with Crippen molar-refractivity contribution in [1.29, 1.82) is 0 Å². The standard InChI is InChI=1S/C37H47N3O6/c1-25-32(23-40-20-8-11-31(40)34(42)46-37(2,3)4)44-35(45-33(25)29-16-14-28(24-41)15-17-29)30-18-12-27(13-19-30)22-39-36(43)38-21-26-9-6-5-7-10-26/h5-7,9-10,12-19,25,31-33,35,41H,8,11,20-24H2,1-4H3,(H2,38,39,43)/t25-,31-,32+,33+,35+/m0/s1. The van der Waals surface area contributed by atoms with E-state index in [1.54, 1.807) is 0 Å². The van der Waals surface area contributed by atoms with Crippen LogP contribution in [-0.4, -0.2) is 52.8 Å². The number of rotatable bonds is 10. The molecule has 2 aliphatic rings. The van der Waals surface area contributed by atoms with Crippen molar-refractivity contribution < 1.29 is 28.9 Å². The van der Waals surface area contributed by atoms with E-state index < -0.39 is 11.9 Å². The maximum absolute atomic E-state index is 13.1. The first kappa shape index (κ1) is 33.6. The molecule has 0 radical (unpaired) electrons. The van der Waals surface area contributed by atoms with Crippen LogP contribution in [0.4, 0.5) is 4.79 Å². The van der Waals surface area contributed by atoms with Crippen molar-refractivity contribution in [2.45, 2.75) is 90.4 Å². The molecule has 5 rings (SSSR count). The Balaban J connectivity index is 1.27. The maximum Gasteiger partial charge on any atom is 0.323 e. The third kappa shape index (κ3) is 8.94. The van der Waals surface area contributed by atoms with E-state index in [2.05, 4.69) is 22.5 Å². The Morgan fingerprint density at radius 2 is 1.48 bits per heavy atom. The number of likely N-dealkylation sites (tertiary alicyclic amines) is 1. The second-order valence-corrected chi connectivity index (χ2v) is 13.3. The number of amides is 2. The summed E-state index contributed by atoms with van der Waals surface area (Å²) in [5.74, 6) is -0.190. The molecule has 2 aliphatic heterocycles. The van der Waals surface area contributed by atoms with Crippen molar-refractivity contribution in [1.82, 2.24) is 15.5 Å². The SMILES string of the molecule is C[C@H]1[C@@H](CN2CCC[C@H]2C(=O)OC(C)(C)C)O[C@@H](c2ccc(CNC(=O)NCc3ccccc3)cc2)O[C@H]1c1ccc(CO)cc1. The first-order valence-electron chi connectivity index (χ1n) is 16.2. The minimum Gasteiger partial charge on any atom is -0.459 e. The van der Waals surface area contributed by atoms with Gasteiger partial charge in [-0.1, -0.05) is 85.8 Å². The van der Waals surface area contributed by atoms with Crippen molar-refractivity contribution >= 4 is 12.0 Å². The molecule has 9 nitrogen and oxygen atoms in total. The monoisotopic (exact) mass is 629 g/mol. The van der Waals surface area contributed by atoms with Gasteiger partial charge in [-0.15, -0.1) is 0 Å². The molecule has 0 spiro atoms. The highest BCUT2D eigenvalue weighted by atomic mass is 16.7. The zero-order chi connectivity index (χ0) is 32.7. The lowest BCUT2D eigenvalue weighted by Crippen LogP contribution is -2.48. The van der Waals surface area contributed by atoms with Crippen molar-refractivity contribution in [2.75, 3.05) is 13.1 Å². The average molecular weight is 630 g/mol. The van der Waals surface area contributed by atoms with Crippen LogP contribution in [-0.2, 0) is 38.7 Å². The molecule has 0 aliphatic carbocycles. The minimum absolute atomic E-state index is 0.00557. The number of aliphatic hydroxyl groups is 1. The van der Waals surface area contributed by atoms with Gasteiger partial charge in [0.05, 0.1) is 18.8 Å². The highest BCUT2D eigenvalue weighted by Crippen LogP contribution is 2.42. The summed E-state index contributed by atoms with van der Waals surface area (Å²) in [4.78, 5) is 27.6. The predicted molar refractivity (Wildman–Crippen MR) is 175 cm³/mol. The van der Waals surface area contributed by atoms with Gasteiger partial charge in [0, 0.05) is 31.1 Å². The molecule has 9 heteroatoms. The highest BCUT2D eigenvalue weighted by molar-refractivity contribution is 5.76. The van der Waals surface area contributed by atoms with Crippen LogP contribution in [0.2, 0.25) is 0 Å². The second-order valence-electron chi connectivity index (χ2n) is 13.3. The lowest BCUT2D eigenvalue weighted by Gasteiger charge is -2.43. The van der Waals surface area contributed by atoms with Crippen LogP contribution in [0.15, 0.2) is 78.9 Å². The number of ether oxygens (including phenoxy) is 3. The quantitative estimate of drug-likeness (QED) is 0.244. The zero-order valence-electron chi connectivity index (χ0n) is 27.3. The van der Waals surface area contributed by atoms with Gasteiger partial charge in [0.25, 0.3) is 0 Å². The van der Waals surface area contributed by atoms with Gasteiger partial charge in [0.15, 0.2) is 6.29 Å². The van der Waals surface area contributed by atoms with E-state index in [4.69, 9.17) is 14.2 Å². The number of benzene rings is 3. The number of aliphatic hydroxyl groups excluding tert-OH is 1. The molecule has 46 heavy (non-hydrogen) atoms. The summed E-state index contributed by atoms with van der Waals surface area (Å²) in [5, 5.41) is 15.4. The van der Waals surface area contributed by atoms with E-state index in [1.165, 1.54) is 0 Å². The number of nitrogens with zero attached hydrogens (tertiary/aromatic N) is 1. The Morgan fingerprint density at radius 1 is 0.870 bits per heavy atom. The molecule has 0 bridgehead atoms. The van der Waals surface area contributed by atoms with E-state index in [9.17, 15) is 14.7 Å². The summed E-state index contributed by atoms with van der Waals surface area (Å²) < 4.78 is 19.0. The molecular formula is C37H47N3O6. The minimum atomic E-state index is -0.623. The number of hydrogen-bond donors (Lipinski definition) is 3. The summed E-state index contributed by atoms with van der Waals surface area (Å²) in [6.45, 7) is 10.0. The van der Waals surface area contributed by atoms with E-state index in [0.29, 0.717) is 19.6 Å². The Morgan fingerprint density at radius 3 is 2.11 bits per heavy atom. The first-order chi connectivity index (χ1) is 22.1. The second kappa shape index (κ2) is 15.2. The molecule has 3 aromatic carbocycles. The molecular weight excluding hydrogens is 582 g/mol. The smallest absolute Gasteiger partial charge is 0.323 e. The van der Waals surface area contributed by atoms with Gasteiger partial charge in [-0.3, -0.25) is 9.69 Å². The molecule has 2 saturated heterocycles. The number of hydrogen-bond acceptors (Lipinski definition) is 7. The molecule has 3 N–H and O–H groups in total. The third-order valence-electron chi connectivity index (χ3n) is 8.58. The Kier molecular flexibility index (Phi) is 11.1. The molecule has 0 unspecified atom stereocenters. The molecule has 2 amide bonds. The Bertz CT molecular complexity index is 1420. The van der Waals surface area contributed by atoms with Gasteiger partial charge in [0.1, 0.15) is 11.6 Å². The zero-order valence-corrected chi connectivity index (χ0v) is 27.3. The van der Waals surface area contributed by atoms with Gasteiger partial charge >= 0.3 is 12.0 Å².